The van der Waals surface area contributed by atoms with Crippen LogP contribution in [-0.4, -0.2) is 16.1 Å². The van der Waals surface area contributed by atoms with E-state index < -0.39 is 0 Å². The van der Waals surface area contributed by atoms with Crippen LogP contribution in [0.5, 0.6) is 0 Å². The maximum Gasteiger partial charge on any atom is 0.344 e. The molecule has 0 aliphatic rings. The molecule has 7 heavy (non-hydrogen) atoms. The SMILES string of the molecule is CC=[N+]([O-])C(N)=S. The van der Waals surface area contributed by atoms with Gasteiger partial charge >= 0.3 is 5.11 Å². The summed E-state index contributed by atoms with van der Waals surface area (Å²) in [5, 5.41) is 9.96. The zero-order valence-electron chi connectivity index (χ0n) is 3.92. The van der Waals surface area contributed by atoms with Gasteiger partial charge in [-0.2, -0.15) is 0 Å². The Hall–Kier alpha value is -0.640. The smallest absolute Gasteiger partial charge is 0.344 e. The lowest BCUT2D eigenvalue weighted by Crippen LogP contribution is -2.21. The summed E-state index contributed by atoms with van der Waals surface area (Å²) in [7, 11) is 0. The van der Waals surface area contributed by atoms with Gasteiger partial charge in [0.2, 0.25) is 0 Å². The van der Waals surface area contributed by atoms with Crippen molar-refractivity contribution in [2.75, 3.05) is 0 Å². The van der Waals surface area contributed by atoms with E-state index in [0.717, 1.165) is 0 Å². The first kappa shape index (κ1) is 6.36. The van der Waals surface area contributed by atoms with Gasteiger partial charge in [0.15, 0.2) is 0 Å². The largest absolute Gasteiger partial charge is 0.710 e. The van der Waals surface area contributed by atoms with Crippen LogP contribution in [0.15, 0.2) is 0 Å². The molecular formula is C3H6N2OS. The number of thiocarbonyl (C=S) groups is 1. The minimum Gasteiger partial charge on any atom is -0.710 e. The van der Waals surface area contributed by atoms with Crippen molar-refractivity contribution in [2.45, 2.75) is 6.92 Å². The Balaban J connectivity index is 3.82. The van der Waals surface area contributed by atoms with Crippen molar-refractivity contribution < 1.29 is 4.74 Å². The summed E-state index contributed by atoms with van der Waals surface area (Å²) in [6.45, 7) is 1.56. The van der Waals surface area contributed by atoms with Gasteiger partial charge in [0.05, 0.1) is 6.21 Å². The molecule has 0 spiro atoms. The number of hydroxylamine groups is 1. The molecule has 0 radical (unpaired) electrons. The average molecular weight is 118 g/mol. The van der Waals surface area contributed by atoms with E-state index in [1.165, 1.54) is 6.21 Å². The van der Waals surface area contributed by atoms with E-state index in [4.69, 9.17) is 5.73 Å². The topological polar surface area (TPSA) is 52.1 Å². The summed E-state index contributed by atoms with van der Waals surface area (Å²) in [4.78, 5) is 0. The van der Waals surface area contributed by atoms with Crippen molar-refractivity contribution in [3.8, 4) is 0 Å². The fourth-order valence-corrected chi connectivity index (χ4v) is 0.233. The number of hydrogen-bond donors (Lipinski definition) is 1. The Bertz CT molecular complexity index is 110. The van der Waals surface area contributed by atoms with Crippen LogP contribution >= 0.6 is 12.2 Å². The molecule has 0 rings (SSSR count). The van der Waals surface area contributed by atoms with Crippen LogP contribution in [0.2, 0.25) is 0 Å². The molecule has 0 bridgehead atoms. The Kier molecular flexibility index (Phi) is 2.29. The molecule has 4 heteroatoms. The third-order valence-electron chi connectivity index (χ3n) is 0.452. The maximum absolute atomic E-state index is 10.1. The summed E-state index contributed by atoms with van der Waals surface area (Å²) in [5.41, 5.74) is 4.86. The second-order valence-electron chi connectivity index (χ2n) is 0.922. The summed E-state index contributed by atoms with van der Waals surface area (Å²) < 4.78 is 0.426. The Morgan fingerprint density at radius 3 is 2.43 bits per heavy atom. The normalized spacial score (nSPS) is 11.3. The van der Waals surface area contributed by atoms with Crippen molar-refractivity contribution >= 4 is 23.5 Å². The predicted molar refractivity (Wildman–Crippen MR) is 32.2 cm³/mol. The molecule has 0 aromatic carbocycles. The van der Waals surface area contributed by atoms with Crippen LogP contribution in [0.25, 0.3) is 0 Å². The van der Waals surface area contributed by atoms with E-state index >= 15 is 0 Å². The van der Waals surface area contributed by atoms with Crippen LogP contribution in [0.1, 0.15) is 6.92 Å². The average Bonchev–Trinajstić information content (AvgIpc) is 1.65. The molecule has 0 aromatic rings. The number of rotatable bonds is 0. The fraction of sp³-hybridized carbons (Fsp3) is 0.333. The Morgan fingerprint density at radius 1 is 2.00 bits per heavy atom. The highest BCUT2D eigenvalue weighted by atomic mass is 32.1. The summed E-state index contributed by atoms with van der Waals surface area (Å²) in [5.74, 6) is 0. The maximum atomic E-state index is 10.1. The van der Waals surface area contributed by atoms with Crippen LogP contribution in [-0.2, 0) is 0 Å². The zero-order valence-corrected chi connectivity index (χ0v) is 4.73. The molecule has 0 saturated heterocycles. The number of nitrogens with two attached hydrogens (primary N) is 1. The van der Waals surface area contributed by atoms with E-state index in [2.05, 4.69) is 12.2 Å². The molecule has 40 valence electrons. The third kappa shape index (κ3) is 2.11. The van der Waals surface area contributed by atoms with E-state index in [-0.39, 0.29) is 5.11 Å². The van der Waals surface area contributed by atoms with Gasteiger partial charge in [-0.3, -0.25) is 5.73 Å². The van der Waals surface area contributed by atoms with Gasteiger partial charge in [0, 0.05) is 12.2 Å². The van der Waals surface area contributed by atoms with Gasteiger partial charge in [-0.15, -0.1) is 0 Å². The molecule has 0 atom stereocenters. The van der Waals surface area contributed by atoms with Crippen molar-refractivity contribution in [3.05, 3.63) is 5.21 Å². The summed E-state index contributed by atoms with van der Waals surface area (Å²) >= 11 is 4.28. The van der Waals surface area contributed by atoms with Crippen LogP contribution < -0.4 is 5.73 Å². The fourth-order valence-electron chi connectivity index (χ4n) is 0.127. The molecule has 0 fully saturated rings. The molecule has 0 aliphatic carbocycles. The van der Waals surface area contributed by atoms with Gasteiger partial charge in [0.25, 0.3) is 0 Å². The second-order valence-corrected chi connectivity index (χ2v) is 1.34. The van der Waals surface area contributed by atoms with Gasteiger partial charge in [-0.1, -0.05) is 0 Å². The van der Waals surface area contributed by atoms with Crippen molar-refractivity contribution in [3.63, 3.8) is 0 Å². The first-order chi connectivity index (χ1) is 3.18. The summed E-state index contributed by atoms with van der Waals surface area (Å²) in [6, 6.07) is 0. The minimum absolute atomic E-state index is 0.150. The number of hydrogen-bond acceptors (Lipinski definition) is 2. The highest BCUT2D eigenvalue weighted by molar-refractivity contribution is 7.79. The zero-order chi connectivity index (χ0) is 5.86. The Morgan fingerprint density at radius 2 is 2.43 bits per heavy atom. The molecule has 0 heterocycles. The first-order valence-electron chi connectivity index (χ1n) is 1.73. The minimum atomic E-state index is -0.150. The molecule has 3 nitrogen and oxygen atoms in total. The van der Waals surface area contributed by atoms with Crippen molar-refractivity contribution in [1.29, 1.82) is 0 Å². The highest BCUT2D eigenvalue weighted by Gasteiger charge is 1.86. The Labute approximate surface area is 47.0 Å². The van der Waals surface area contributed by atoms with Gasteiger partial charge in [-0.25, -0.2) is 4.74 Å². The van der Waals surface area contributed by atoms with Crippen LogP contribution in [0.3, 0.4) is 0 Å². The lowest BCUT2D eigenvalue weighted by atomic mass is 10.9. The lowest BCUT2D eigenvalue weighted by Gasteiger charge is -1.99. The molecule has 0 aliphatic heterocycles. The quantitative estimate of drug-likeness (QED) is 0.158. The molecule has 0 aromatic heterocycles. The standard InChI is InChI=1S/C3H6N2OS/c1-2-5(6)3(4)7/h2H,1H3,(H2,4,7). The van der Waals surface area contributed by atoms with E-state index in [0.29, 0.717) is 4.74 Å². The van der Waals surface area contributed by atoms with Gasteiger partial charge in [-0.05, 0) is 6.92 Å². The molecule has 0 unspecified atom stereocenters. The third-order valence-corrected chi connectivity index (χ3v) is 0.632. The van der Waals surface area contributed by atoms with Gasteiger partial charge in [0.1, 0.15) is 0 Å². The molecule has 0 saturated carbocycles. The van der Waals surface area contributed by atoms with Crippen LogP contribution in [0.4, 0.5) is 0 Å². The molecule has 0 amide bonds. The molecular weight excluding hydrogens is 112 g/mol. The highest BCUT2D eigenvalue weighted by Crippen LogP contribution is 1.65. The first-order valence-corrected chi connectivity index (χ1v) is 2.14. The number of nitrogens with zero attached hydrogens (tertiary/aromatic N) is 1. The van der Waals surface area contributed by atoms with E-state index in [1.54, 1.807) is 6.92 Å². The molecule has 2 N–H and O–H groups in total. The van der Waals surface area contributed by atoms with E-state index in [9.17, 15) is 5.21 Å². The second kappa shape index (κ2) is 2.52. The van der Waals surface area contributed by atoms with E-state index in [1.807, 2.05) is 0 Å². The van der Waals surface area contributed by atoms with Gasteiger partial charge < -0.3 is 5.21 Å². The van der Waals surface area contributed by atoms with Crippen molar-refractivity contribution in [1.82, 2.24) is 0 Å². The summed E-state index contributed by atoms with van der Waals surface area (Å²) in [6.07, 6.45) is 1.25. The predicted octanol–water partition coefficient (Wildman–Crippen LogP) is -0.169. The van der Waals surface area contributed by atoms with Crippen molar-refractivity contribution in [2.24, 2.45) is 5.73 Å². The monoisotopic (exact) mass is 118 g/mol. The van der Waals surface area contributed by atoms with Crippen LogP contribution in [0, 0.1) is 5.21 Å². The lowest BCUT2D eigenvalue weighted by molar-refractivity contribution is -0.317.